The van der Waals surface area contributed by atoms with Crippen LogP contribution >= 0.6 is 12.4 Å². The summed E-state index contributed by atoms with van der Waals surface area (Å²) in [4.78, 5) is 4.69. The van der Waals surface area contributed by atoms with Gasteiger partial charge < -0.3 is 9.84 Å². The van der Waals surface area contributed by atoms with E-state index in [0.717, 1.165) is 5.56 Å². The van der Waals surface area contributed by atoms with E-state index in [1.54, 1.807) is 31.2 Å². The van der Waals surface area contributed by atoms with Crippen molar-refractivity contribution in [2.24, 2.45) is 0 Å². The molecule has 0 aliphatic rings. The summed E-state index contributed by atoms with van der Waals surface area (Å²) in [6, 6.07) is 7.08. The Bertz CT molecular complexity index is 714. The first-order chi connectivity index (χ1) is 10.4. The topological polar surface area (TPSA) is 85.1 Å². The van der Waals surface area contributed by atoms with Crippen LogP contribution in [0.5, 0.6) is 0 Å². The number of nitrogens with one attached hydrogen (secondary N) is 1. The Hall–Kier alpha value is -1.44. The zero-order valence-electron chi connectivity index (χ0n) is 13.4. The fraction of sp³-hybridized carbons (Fsp3) is 0.467. The third-order valence-electron chi connectivity index (χ3n) is 3.51. The third kappa shape index (κ3) is 5.30. The van der Waals surface area contributed by atoms with E-state index in [-0.39, 0.29) is 24.2 Å². The van der Waals surface area contributed by atoms with Gasteiger partial charge in [-0.1, -0.05) is 24.2 Å². The minimum absolute atomic E-state index is 0. The van der Waals surface area contributed by atoms with Crippen LogP contribution < -0.4 is 5.32 Å². The molecule has 0 saturated heterocycles. The van der Waals surface area contributed by atoms with Crippen molar-refractivity contribution in [3.05, 3.63) is 41.5 Å². The number of rotatable bonds is 7. The highest BCUT2D eigenvalue weighted by molar-refractivity contribution is 7.91. The summed E-state index contributed by atoms with van der Waals surface area (Å²) in [5.74, 6) is 1.30. The van der Waals surface area contributed by atoms with Crippen molar-refractivity contribution in [2.45, 2.75) is 37.6 Å². The second-order valence-corrected chi connectivity index (χ2v) is 7.50. The Morgan fingerprint density at radius 2 is 1.91 bits per heavy atom. The molecule has 1 atom stereocenters. The summed E-state index contributed by atoms with van der Waals surface area (Å²) in [5.41, 5.74) is 0.937. The molecule has 0 aliphatic carbocycles. The lowest BCUT2D eigenvalue weighted by Gasteiger charge is -2.04. The molecule has 0 fully saturated rings. The van der Waals surface area contributed by atoms with Crippen LogP contribution in [-0.2, 0) is 22.7 Å². The van der Waals surface area contributed by atoms with Gasteiger partial charge in [-0.2, -0.15) is 4.98 Å². The Balaban J connectivity index is 0.00000264. The van der Waals surface area contributed by atoms with Crippen molar-refractivity contribution in [2.75, 3.05) is 12.8 Å². The van der Waals surface area contributed by atoms with E-state index in [4.69, 9.17) is 4.52 Å². The first-order valence-corrected chi connectivity index (χ1v) is 8.90. The molecule has 0 saturated carbocycles. The van der Waals surface area contributed by atoms with Gasteiger partial charge in [0.2, 0.25) is 5.89 Å². The minimum Gasteiger partial charge on any atom is -0.339 e. The number of nitrogens with zero attached hydrogens (tertiary/aromatic N) is 2. The molecular weight excluding hydrogens is 338 g/mol. The molecule has 8 heteroatoms. The average Bonchev–Trinajstić information content (AvgIpc) is 2.94. The molecule has 23 heavy (non-hydrogen) atoms. The molecule has 2 rings (SSSR count). The van der Waals surface area contributed by atoms with E-state index in [9.17, 15) is 8.42 Å². The molecule has 1 unspecified atom stereocenters. The minimum atomic E-state index is -3.16. The van der Waals surface area contributed by atoms with Gasteiger partial charge in [0.05, 0.1) is 17.1 Å². The molecule has 128 valence electrons. The highest BCUT2D eigenvalue weighted by atomic mass is 35.5. The molecule has 2 aromatic rings. The van der Waals surface area contributed by atoms with E-state index in [2.05, 4.69) is 15.5 Å². The normalized spacial score (nSPS) is 12.7. The fourth-order valence-corrected chi connectivity index (χ4v) is 2.86. The van der Waals surface area contributed by atoms with Crippen molar-refractivity contribution < 1.29 is 12.9 Å². The maximum atomic E-state index is 11.8. The Labute approximate surface area is 143 Å². The first kappa shape index (κ1) is 19.6. The Morgan fingerprint density at radius 1 is 1.26 bits per heavy atom. The maximum Gasteiger partial charge on any atom is 0.231 e. The van der Waals surface area contributed by atoms with Gasteiger partial charge in [0.25, 0.3) is 0 Å². The fourth-order valence-electron chi connectivity index (χ4n) is 1.98. The number of aromatic nitrogens is 2. The third-order valence-corrected chi connectivity index (χ3v) is 5.26. The molecule has 1 heterocycles. The zero-order chi connectivity index (χ0) is 16.2. The largest absolute Gasteiger partial charge is 0.339 e. The molecule has 6 nitrogen and oxygen atoms in total. The summed E-state index contributed by atoms with van der Waals surface area (Å²) >= 11 is 0. The summed E-state index contributed by atoms with van der Waals surface area (Å²) < 4.78 is 28.7. The van der Waals surface area contributed by atoms with E-state index < -0.39 is 9.84 Å². The van der Waals surface area contributed by atoms with Crippen LogP contribution in [0.4, 0.5) is 0 Å². The van der Waals surface area contributed by atoms with Crippen LogP contribution in [0.25, 0.3) is 0 Å². The monoisotopic (exact) mass is 359 g/mol. The number of hydrogen-bond donors (Lipinski definition) is 1. The van der Waals surface area contributed by atoms with Crippen molar-refractivity contribution >= 4 is 22.2 Å². The van der Waals surface area contributed by atoms with Crippen molar-refractivity contribution in [1.29, 1.82) is 0 Å². The second kappa shape index (κ2) is 8.42. The second-order valence-electron chi connectivity index (χ2n) is 5.22. The first-order valence-electron chi connectivity index (χ1n) is 7.25. The Kier molecular flexibility index (Phi) is 7.18. The molecule has 0 radical (unpaired) electrons. The predicted octanol–water partition coefficient (Wildman–Crippen LogP) is 2.03. The molecule has 0 bridgehead atoms. The lowest BCUT2D eigenvalue weighted by molar-refractivity contribution is 0.377. The number of likely N-dealkylation sites (N-methyl/N-ethyl adjacent to an activating group) is 1. The summed E-state index contributed by atoms with van der Waals surface area (Å²) in [7, 11) is -1.27. The maximum absolute atomic E-state index is 11.8. The highest BCUT2D eigenvalue weighted by Crippen LogP contribution is 2.14. The summed E-state index contributed by atoms with van der Waals surface area (Å²) in [6.45, 7) is 3.68. The molecule has 0 amide bonds. The van der Waals surface area contributed by atoms with Crippen LogP contribution in [0.15, 0.2) is 33.7 Å². The lowest BCUT2D eigenvalue weighted by atomic mass is 10.1. The quantitative estimate of drug-likeness (QED) is 0.814. The lowest BCUT2D eigenvalue weighted by Crippen LogP contribution is -2.24. The van der Waals surface area contributed by atoms with Gasteiger partial charge in [0, 0.05) is 12.5 Å². The number of hydrogen-bond acceptors (Lipinski definition) is 6. The van der Waals surface area contributed by atoms with E-state index in [1.807, 2.05) is 14.0 Å². The van der Waals surface area contributed by atoms with Gasteiger partial charge in [-0.05, 0) is 31.7 Å². The average molecular weight is 360 g/mol. The van der Waals surface area contributed by atoms with Gasteiger partial charge in [0.1, 0.15) is 0 Å². The predicted molar refractivity (Wildman–Crippen MR) is 90.7 cm³/mol. The zero-order valence-corrected chi connectivity index (χ0v) is 15.1. The van der Waals surface area contributed by atoms with Crippen LogP contribution in [0, 0.1) is 0 Å². The molecule has 0 spiro atoms. The SMILES string of the molecule is CCS(=O)(=O)c1ccc(Cc2nc(CC(C)NC)no2)cc1.Cl. The molecule has 1 aromatic heterocycles. The standard InChI is InChI=1S/C15H21N3O3S.ClH/c1-4-22(19,20)13-7-5-12(6-8-13)10-15-17-14(18-21-15)9-11(2)16-3;/h5-8,11,16H,4,9-10H2,1-3H3;1H. The smallest absolute Gasteiger partial charge is 0.231 e. The Morgan fingerprint density at radius 3 is 2.48 bits per heavy atom. The highest BCUT2D eigenvalue weighted by Gasteiger charge is 2.13. The number of halogens is 1. The van der Waals surface area contributed by atoms with Crippen molar-refractivity contribution in [3.8, 4) is 0 Å². The van der Waals surface area contributed by atoms with Gasteiger partial charge in [-0.25, -0.2) is 8.42 Å². The van der Waals surface area contributed by atoms with Gasteiger partial charge in [0.15, 0.2) is 15.7 Å². The summed E-state index contributed by atoms with van der Waals surface area (Å²) in [5, 5.41) is 7.07. The summed E-state index contributed by atoms with van der Waals surface area (Å²) in [6.07, 6.45) is 1.20. The van der Waals surface area contributed by atoms with Crippen LogP contribution in [-0.4, -0.2) is 37.4 Å². The molecule has 0 aliphatic heterocycles. The van der Waals surface area contributed by atoms with Crippen molar-refractivity contribution in [1.82, 2.24) is 15.5 Å². The van der Waals surface area contributed by atoms with Crippen LogP contribution in [0.3, 0.4) is 0 Å². The van der Waals surface area contributed by atoms with Crippen molar-refractivity contribution in [3.63, 3.8) is 0 Å². The van der Waals surface area contributed by atoms with Gasteiger partial charge in [-0.3, -0.25) is 0 Å². The number of sulfone groups is 1. The van der Waals surface area contributed by atoms with E-state index >= 15 is 0 Å². The molecular formula is C15H22ClN3O3S. The van der Waals surface area contributed by atoms with Crippen LogP contribution in [0.2, 0.25) is 0 Å². The number of benzene rings is 1. The molecule has 1 N–H and O–H groups in total. The van der Waals surface area contributed by atoms with E-state index in [1.165, 1.54) is 0 Å². The van der Waals surface area contributed by atoms with E-state index in [0.29, 0.717) is 29.5 Å². The van der Waals surface area contributed by atoms with Gasteiger partial charge in [-0.15, -0.1) is 12.4 Å². The molecule has 1 aromatic carbocycles. The van der Waals surface area contributed by atoms with Crippen LogP contribution in [0.1, 0.15) is 31.1 Å². The van der Waals surface area contributed by atoms with Gasteiger partial charge >= 0.3 is 0 Å².